The van der Waals surface area contributed by atoms with Crippen LogP contribution in [-0.4, -0.2) is 39.3 Å². The summed E-state index contributed by atoms with van der Waals surface area (Å²) in [6.07, 6.45) is 20.1. The molecule has 4 heteroatoms. The third-order valence-electron chi connectivity index (χ3n) is 5.53. The summed E-state index contributed by atoms with van der Waals surface area (Å²) in [5.41, 5.74) is 0.652. The molecule has 0 aliphatic rings. The zero-order chi connectivity index (χ0) is 22.2. The summed E-state index contributed by atoms with van der Waals surface area (Å²) in [7, 11) is 0. The van der Waals surface area contributed by atoms with Gasteiger partial charge in [-0.3, -0.25) is 4.79 Å². The van der Waals surface area contributed by atoms with Gasteiger partial charge in [0.1, 0.15) is 18.6 Å². The molecule has 0 heterocycles. The second-order valence-electron chi connectivity index (χ2n) is 8.36. The van der Waals surface area contributed by atoms with Crippen molar-refractivity contribution in [2.24, 2.45) is 0 Å². The first-order chi connectivity index (χ1) is 15.4. The summed E-state index contributed by atoms with van der Waals surface area (Å²) in [5, 5.41) is 0. The first kappa shape index (κ1) is 27.6. The van der Waals surface area contributed by atoms with Gasteiger partial charge in [-0.2, -0.15) is 0 Å². The minimum Gasteiger partial charge on any atom is -0.491 e. The van der Waals surface area contributed by atoms with Crippen molar-refractivity contribution in [2.45, 2.75) is 96.8 Å². The lowest BCUT2D eigenvalue weighted by Gasteiger charge is -2.08. The zero-order valence-electron chi connectivity index (χ0n) is 20.0. The molecule has 4 nitrogen and oxygen atoms in total. The summed E-state index contributed by atoms with van der Waals surface area (Å²) >= 11 is 0. The Morgan fingerprint density at radius 2 is 1.03 bits per heavy atom. The van der Waals surface area contributed by atoms with E-state index in [1.807, 2.05) is 0 Å². The van der Waals surface area contributed by atoms with Crippen molar-refractivity contribution in [1.82, 2.24) is 0 Å². The lowest BCUT2D eigenvalue weighted by molar-refractivity contribution is 0.0352. The largest absolute Gasteiger partial charge is 0.491 e. The van der Waals surface area contributed by atoms with Gasteiger partial charge in [0, 0.05) is 12.2 Å². The predicted octanol–water partition coefficient (Wildman–Crippen LogP) is 7.39. The molecule has 1 rings (SSSR count). The van der Waals surface area contributed by atoms with Crippen molar-refractivity contribution in [1.29, 1.82) is 0 Å². The van der Waals surface area contributed by atoms with Crippen molar-refractivity contribution < 1.29 is 19.0 Å². The van der Waals surface area contributed by atoms with Gasteiger partial charge in [0.2, 0.25) is 0 Å². The van der Waals surface area contributed by atoms with E-state index in [0.717, 1.165) is 25.1 Å². The van der Waals surface area contributed by atoms with Gasteiger partial charge in [0.15, 0.2) is 0 Å². The standard InChI is InChI=1S/C27H46O4/c1-2-3-4-5-6-7-8-9-10-11-12-13-14-15-20-29-21-22-30-23-24-31-27-18-16-26(25-28)17-19-27/h16-19,25H,2-15,20-24H2,1H3. The van der Waals surface area contributed by atoms with Crippen molar-refractivity contribution in [3.63, 3.8) is 0 Å². The Labute approximate surface area is 191 Å². The third kappa shape index (κ3) is 17.9. The average Bonchev–Trinajstić information content (AvgIpc) is 2.80. The van der Waals surface area contributed by atoms with Gasteiger partial charge in [0.25, 0.3) is 0 Å². The molecule has 0 aliphatic heterocycles. The summed E-state index contributed by atoms with van der Waals surface area (Å²) in [5.74, 6) is 0.753. The molecule has 0 saturated carbocycles. The molecule has 178 valence electrons. The smallest absolute Gasteiger partial charge is 0.150 e. The van der Waals surface area contributed by atoms with Crippen LogP contribution in [0.3, 0.4) is 0 Å². The molecular weight excluding hydrogens is 388 g/mol. The van der Waals surface area contributed by atoms with Crippen LogP contribution in [0.1, 0.15) is 107 Å². The SMILES string of the molecule is CCCCCCCCCCCCCCCCOCCOCCOc1ccc(C=O)cc1. The number of carbonyl (C=O) groups is 1. The molecule has 31 heavy (non-hydrogen) atoms. The second-order valence-corrected chi connectivity index (χ2v) is 8.36. The Morgan fingerprint density at radius 3 is 1.55 bits per heavy atom. The Kier molecular flexibility index (Phi) is 19.5. The van der Waals surface area contributed by atoms with E-state index in [1.54, 1.807) is 24.3 Å². The number of ether oxygens (including phenoxy) is 3. The lowest BCUT2D eigenvalue weighted by atomic mass is 10.0. The van der Waals surface area contributed by atoms with Crippen LogP contribution in [0.25, 0.3) is 0 Å². The van der Waals surface area contributed by atoms with E-state index in [1.165, 1.54) is 83.5 Å². The second kappa shape index (κ2) is 21.8. The van der Waals surface area contributed by atoms with Crippen LogP contribution in [0.5, 0.6) is 5.75 Å². The number of hydrogen-bond donors (Lipinski definition) is 0. The van der Waals surface area contributed by atoms with E-state index in [9.17, 15) is 4.79 Å². The van der Waals surface area contributed by atoms with Crippen LogP contribution in [0.4, 0.5) is 0 Å². The maximum atomic E-state index is 10.6. The maximum absolute atomic E-state index is 10.6. The van der Waals surface area contributed by atoms with Gasteiger partial charge in [0.05, 0.1) is 19.8 Å². The van der Waals surface area contributed by atoms with Gasteiger partial charge in [-0.15, -0.1) is 0 Å². The van der Waals surface area contributed by atoms with Crippen LogP contribution in [0.15, 0.2) is 24.3 Å². The molecule has 1 aromatic rings. The molecule has 0 aliphatic carbocycles. The van der Waals surface area contributed by atoms with Gasteiger partial charge in [-0.25, -0.2) is 0 Å². The maximum Gasteiger partial charge on any atom is 0.150 e. The Hall–Kier alpha value is -1.39. The predicted molar refractivity (Wildman–Crippen MR) is 129 cm³/mol. The fourth-order valence-electron chi connectivity index (χ4n) is 3.58. The molecule has 0 fully saturated rings. The topological polar surface area (TPSA) is 44.8 Å². The monoisotopic (exact) mass is 434 g/mol. The van der Waals surface area contributed by atoms with Crippen molar-refractivity contribution >= 4 is 6.29 Å². The van der Waals surface area contributed by atoms with E-state index in [2.05, 4.69) is 6.92 Å². The molecule has 0 aromatic heterocycles. The lowest BCUT2D eigenvalue weighted by Crippen LogP contribution is -2.11. The Bertz CT molecular complexity index is 500. The fourth-order valence-corrected chi connectivity index (χ4v) is 3.58. The van der Waals surface area contributed by atoms with Crippen molar-refractivity contribution in [3.05, 3.63) is 29.8 Å². The van der Waals surface area contributed by atoms with Crippen LogP contribution in [-0.2, 0) is 9.47 Å². The van der Waals surface area contributed by atoms with E-state index >= 15 is 0 Å². The van der Waals surface area contributed by atoms with Gasteiger partial charge < -0.3 is 14.2 Å². The van der Waals surface area contributed by atoms with Gasteiger partial charge in [-0.05, 0) is 30.7 Å². The minimum absolute atomic E-state index is 0.499. The molecule has 0 bridgehead atoms. The summed E-state index contributed by atoms with van der Waals surface area (Å²) in [4.78, 5) is 10.6. The Balaban J connectivity index is 1.71. The molecule has 0 saturated heterocycles. The molecule has 0 atom stereocenters. The van der Waals surface area contributed by atoms with Gasteiger partial charge >= 0.3 is 0 Å². The molecule has 0 amide bonds. The van der Waals surface area contributed by atoms with E-state index < -0.39 is 0 Å². The van der Waals surface area contributed by atoms with Crippen molar-refractivity contribution in [3.8, 4) is 5.75 Å². The number of hydrogen-bond acceptors (Lipinski definition) is 4. The summed E-state index contributed by atoms with van der Waals surface area (Å²) in [6, 6.07) is 7.08. The minimum atomic E-state index is 0.499. The van der Waals surface area contributed by atoms with E-state index in [-0.39, 0.29) is 0 Å². The molecule has 0 N–H and O–H groups in total. The highest BCUT2D eigenvalue weighted by Crippen LogP contribution is 2.13. The quantitative estimate of drug-likeness (QED) is 0.133. The Morgan fingerprint density at radius 1 is 0.581 bits per heavy atom. The number of rotatable bonds is 23. The molecular formula is C27H46O4. The zero-order valence-corrected chi connectivity index (χ0v) is 20.0. The summed E-state index contributed by atoms with van der Waals surface area (Å²) in [6.45, 7) is 5.40. The third-order valence-corrected chi connectivity index (χ3v) is 5.53. The first-order valence-electron chi connectivity index (χ1n) is 12.7. The van der Waals surface area contributed by atoms with E-state index in [0.29, 0.717) is 32.0 Å². The van der Waals surface area contributed by atoms with Crippen LogP contribution in [0.2, 0.25) is 0 Å². The number of benzene rings is 1. The van der Waals surface area contributed by atoms with E-state index in [4.69, 9.17) is 14.2 Å². The summed E-state index contributed by atoms with van der Waals surface area (Å²) < 4.78 is 16.7. The van der Waals surface area contributed by atoms with Crippen LogP contribution in [0, 0.1) is 0 Å². The highest BCUT2D eigenvalue weighted by molar-refractivity contribution is 5.74. The molecule has 0 radical (unpaired) electrons. The molecule has 0 spiro atoms. The fraction of sp³-hybridized carbons (Fsp3) is 0.741. The molecule has 1 aromatic carbocycles. The normalized spacial score (nSPS) is 11.0. The average molecular weight is 435 g/mol. The van der Waals surface area contributed by atoms with Gasteiger partial charge in [-0.1, -0.05) is 90.4 Å². The highest BCUT2D eigenvalue weighted by Gasteiger charge is 1.97. The van der Waals surface area contributed by atoms with Crippen molar-refractivity contribution in [2.75, 3.05) is 33.0 Å². The van der Waals surface area contributed by atoms with Crippen LogP contribution >= 0.6 is 0 Å². The number of unbranched alkanes of at least 4 members (excludes halogenated alkanes) is 13. The number of carbonyl (C=O) groups excluding carboxylic acids is 1. The number of aldehydes is 1. The first-order valence-corrected chi connectivity index (χ1v) is 12.7. The molecule has 0 unspecified atom stereocenters. The highest BCUT2D eigenvalue weighted by atomic mass is 16.5. The van der Waals surface area contributed by atoms with Crippen LogP contribution < -0.4 is 4.74 Å².